The highest BCUT2D eigenvalue weighted by Crippen LogP contribution is 2.43. The van der Waals surface area contributed by atoms with Crippen LogP contribution in [0.4, 0.5) is 5.69 Å². The molecule has 0 radical (unpaired) electrons. The number of nitriles is 1. The largest absolute Gasteiger partial charge is 0.437 e. The van der Waals surface area contributed by atoms with Crippen LogP contribution < -0.4 is 5.73 Å². The van der Waals surface area contributed by atoms with E-state index in [0.717, 1.165) is 0 Å². The lowest BCUT2D eigenvalue weighted by molar-refractivity contribution is -0.384. The molecular formula is C18H14N4O4S. The summed E-state index contributed by atoms with van der Waals surface area (Å²) in [5, 5.41) is 20.5. The summed E-state index contributed by atoms with van der Waals surface area (Å²) in [7, 11) is -1.52. The van der Waals surface area contributed by atoms with Gasteiger partial charge in [-0.2, -0.15) is 5.26 Å². The number of benzene rings is 1. The number of nitrogens with zero attached hydrogens (tertiary/aromatic N) is 3. The van der Waals surface area contributed by atoms with Gasteiger partial charge < -0.3 is 10.5 Å². The Balaban J connectivity index is 2.23. The van der Waals surface area contributed by atoms with Gasteiger partial charge in [-0.05, 0) is 17.7 Å². The number of rotatable bonds is 4. The molecule has 1 aromatic carbocycles. The third-order valence-electron chi connectivity index (χ3n) is 4.02. The third kappa shape index (κ3) is 3.43. The molecule has 27 heavy (non-hydrogen) atoms. The van der Waals surface area contributed by atoms with Crippen molar-refractivity contribution in [2.45, 2.75) is 5.92 Å². The van der Waals surface area contributed by atoms with Crippen LogP contribution in [0.2, 0.25) is 0 Å². The average molecular weight is 382 g/mol. The first-order valence-electron chi connectivity index (χ1n) is 7.75. The van der Waals surface area contributed by atoms with Crippen LogP contribution in [0.1, 0.15) is 17.2 Å². The summed E-state index contributed by atoms with van der Waals surface area (Å²) in [5.74, 6) is -0.653. The van der Waals surface area contributed by atoms with E-state index < -0.39 is 21.6 Å². The van der Waals surface area contributed by atoms with Crippen LogP contribution in [-0.2, 0) is 15.5 Å². The molecule has 0 amide bonds. The number of pyridine rings is 1. The molecular weight excluding hydrogens is 368 g/mol. The molecule has 8 nitrogen and oxygen atoms in total. The summed E-state index contributed by atoms with van der Waals surface area (Å²) >= 11 is 0. The van der Waals surface area contributed by atoms with Crippen molar-refractivity contribution in [3.63, 3.8) is 0 Å². The monoisotopic (exact) mass is 382 g/mol. The highest BCUT2D eigenvalue weighted by atomic mass is 32.2. The molecule has 2 N–H and O–H groups in total. The fourth-order valence-corrected chi connectivity index (χ4v) is 3.81. The lowest BCUT2D eigenvalue weighted by atomic mass is 9.89. The van der Waals surface area contributed by atoms with Gasteiger partial charge in [-0.15, -0.1) is 0 Å². The minimum Gasteiger partial charge on any atom is -0.437 e. The number of nitrogens with two attached hydrogens (primary N) is 1. The molecule has 0 fully saturated rings. The van der Waals surface area contributed by atoms with Crippen LogP contribution in [0.25, 0.3) is 5.76 Å². The quantitative estimate of drug-likeness (QED) is 0.634. The van der Waals surface area contributed by atoms with Crippen molar-refractivity contribution in [1.82, 2.24) is 4.98 Å². The Morgan fingerprint density at radius 1 is 1.30 bits per heavy atom. The van der Waals surface area contributed by atoms with Gasteiger partial charge in [0.1, 0.15) is 17.3 Å². The molecule has 1 unspecified atom stereocenters. The SMILES string of the molecule is CS(=O)C1=C(c2ccccn2)OC(N)=C(C#N)[C@@H]1c1ccc([N+](=O)[O-])cc1. The molecule has 1 aliphatic heterocycles. The summed E-state index contributed by atoms with van der Waals surface area (Å²) in [5.41, 5.74) is 6.92. The smallest absolute Gasteiger partial charge is 0.269 e. The zero-order valence-corrected chi connectivity index (χ0v) is 15.0. The summed E-state index contributed by atoms with van der Waals surface area (Å²) in [6, 6.07) is 12.8. The molecule has 0 aliphatic carbocycles. The summed E-state index contributed by atoms with van der Waals surface area (Å²) < 4.78 is 18.2. The maximum Gasteiger partial charge on any atom is 0.269 e. The molecule has 0 saturated heterocycles. The second-order valence-electron chi connectivity index (χ2n) is 5.64. The van der Waals surface area contributed by atoms with Crippen molar-refractivity contribution in [3.05, 3.63) is 86.4 Å². The molecule has 1 aromatic heterocycles. The molecule has 2 heterocycles. The minimum absolute atomic E-state index is 0.0885. The fourth-order valence-electron chi connectivity index (χ4n) is 2.82. The van der Waals surface area contributed by atoms with E-state index in [4.69, 9.17) is 10.5 Å². The lowest BCUT2D eigenvalue weighted by Crippen LogP contribution is -2.22. The average Bonchev–Trinajstić information content (AvgIpc) is 2.67. The topological polar surface area (TPSA) is 132 Å². The van der Waals surface area contributed by atoms with E-state index >= 15 is 0 Å². The number of allylic oxidation sites excluding steroid dienone is 2. The van der Waals surface area contributed by atoms with E-state index in [0.29, 0.717) is 16.2 Å². The van der Waals surface area contributed by atoms with E-state index in [1.165, 1.54) is 30.5 Å². The van der Waals surface area contributed by atoms with Gasteiger partial charge in [0.05, 0.1) is 26.5 Å². The number of hydrogen-bond donors (Lipinski definition) is 1. The summed E-state index contributed by atoms with van der Waals surface area (Å²) in [4.78, 5) is 14.9. The van der Waals surface area contributed by atoms with Crippen molar-refractivity contribution in [1.29, 1.82) is 5.26 Å². The molecule has 0 bridgehead atoms. The summed E-state index contributed by atoms with van der Waals surface area (Å²) in [6.07, 6.45) is 3.03. The number of ether oxygens (including phenoxy) is 1. The van der Waals surface area contributed by atoms with Crippen LogP contribution in [0.3, 0.4) is 0 Å². The Morgan fingerprint density at radius 2 is 2.00 bits per heavy atom. The highest BCUT2D eigenvalue weighted by Gasteiger charge is 2.36. The van der Waals surface area contributed by atoms with E-state index in [9.17, 15) is 19.6 Å². The van der Waals surface area contributed by atoms with Gasteiger partial charge in [-0.3, -0.25) is 19.3 Å². The standard InChI is InChI=1S/C18H14N4O4S/c1-27(25)17-15(11-5-7-12(8-6-11)22(23)24)13(10-19)18(20)26-16(17)14-4-2-3-9-21-14/h2-9,15H,20H2,1H3/t15-,27?/m0/s1. The Kier molecular flexibility index (Phi) is 5.00. The van der Waals surface area contributed by atoms with E-state index in [1.54, 1.807) is 24.4 Å². The third-order valence-corrected chi connectivity index (χ3v) is 5.06. The number of nitro benzene ring substituents is 1. The zero-order chi connectivity index (χ0) is 19.6. The Bertz CT molecular complexity index is 1020. The number of hydrogen-bond acceptors (Lipinski definition) is 7. The van der Waals surface area contributed by atoms with Crippen LogP contribution in [0.15, 0.2) is 65.0 Å². The number of nitro groups is 1. The summed E-state index contributed by atoms with van der Waals surface area (Å²) in [6.45, 7) is 0. The van der Waals surface area contributed by atoms with Gasteiger partial charge in [0, 0.05) is 24.6 Å². The lowest BCUT2D eigenvalue weighted by Gasteiger charge is -2.27. The molecule has 9 heteroatoms. The van der Waals surface area contributed by atoms with Gasteiger partial charge in [-0.25, -0.2) is 0 Å². The molecule has 0 spiro atoms. The number of aromatic nitrogens is 1. The normalized spacial score (nSPS) is 17.9. The van der Waals surface area contributed by atoms with Crippen molar-refractivity contribution in [2.75, 3.05) is 6.26 Å². The van der Waals surface area contributed by atoms with Gasteiger partial charge >= 0.3 is 0 Å². The van der Waals surface area contributed by atoms with Crippen LogP contribution in [0.5, 0.6) is 0 Å². The molecule has 1 aliphatic rings. The zero-order valence-electron chi connectivity index (χ0n) is 14.2. The first kappa shape index (κ1) is 18.3. The highest BCUT2D eigenvalue weighted by molar-refractivity contribution is 7.88. The first-order chi connectivity index (χ1) is 12.9. The fraction of sp³-hybridized carbons (Fsp3) is 0.111. The molecule has 0 saturated carbocycles. The van der Waals surface area contributed by atoms with Crippen molar-refractivity contribution in [2.24, 2.45) is 5.73 Å². The van der Waals surface area contributed by atoms with E-state index in [1.807, 2.05) is 6.07 Å². The van der Waals surface area contributed by atoms with E-state index in [-0.39, 0.29) is 22.9 Å². The van der Waals surface area contributed by atoms with Crippen molar-refractivity contribution >= 4 is 22.2 Å². The van der Waals surface area contributed by atoms with Gasteiger partial charge in [-0.1, -0.05) is 18.2 Å². The molecule has 2 aromatic rings. The maximum absolute atomic E-state index is 12.6. The van der Waals surface area contributed by atoms with Crippen molar-refractivity contribution in [3.8, 4) is 6.07 Å². The van der Waals surface area contributed by atoms with Crippen LogP contribution in [0, 0.1) is 21.4 Å². The second-order valence-corrected chi connectivity index (χ2v) is 6.98. The van der Waals surface area contributed by atoms with Gasteiger partial charge in [0.25, 0.3) is 5.69 Å². The predicted molar refractivity (Wildman–Crippen MR) is 99.0 cm³/mol. The Morgan fingerprint density at radius 3 is 2.52 bits per heavy atom. The van der Waals surface area contributed by atoms with Gasteiger partial charge in [0.15, 0.2) is 5.76 Å². The van der Waals surface area contributed by atoms with Crippen LogP contribution >= 0.6 is 0 Å². The maximum atomic E-state index is 12.6. The number of non-ortho nitro benzene ring substituents is 1. The Hall–Kier alpha value is -3.51. The van der Waals surface area contributed by atoms with E-state index in [2.05, 4.69) is 4.98 Å². The van der Waals surface area contributed by atoms with Crippen LogP contribution in [-0.4, -0.2) is 20.4 Å². The molecule has 136 valence electrons. The minimum atomic E-state index is -1.52. The first-order valence-corrected chi connectivity index (χ1v) is 9.30. The van der Waals surface area contributed by atoms with Gasteiger partial charge in [0.2, 0.25) is 5.88 Å². The molecule has 3 rings (SSSR count). The predicted octanol–water partition coefficient (Wildman–Crippen LogP) is 2.54. The molecule has 2 atom stereocenters. The Labute approximate surface area is 157 Å². The second kappa shape index (κ2) is 7.39. The van der Waals surface area contributed by atoms with Crippen molar-refractivity contribution < 1.29 is 13.9 Å².